The molecule has 0 heterocycles. The zero-order valence-electron chi connectivity index (χ0n) is 13.0. The molecule has 0 saturated heterocycles. The molecule has 2 rings (SSSR count). The van der Waals surface area contributed by atoms with Gasteiger partial charge in [0.2, 0.25) is 10.0 Å². The van der Waals surface area contributed by atoms with Gasteiger partial charge < -0.3 is 5.32 Å². The molecule has 0 radical (unpaired) electrons. The fourth-order valence-electron chi connectivity index (χ4n) is 2.10. The van der Waals surface area contributed by atoms with Gasteiger partial charge in [-0.05, 0) is 49.9 Å². The van der Waals surface area contributed by atoms with Gasteiger partial charge in [-0.15, -0.1) is 0 Å². The van der Waals surface area contributed by atoms with Crippen LogP contribution in [0.4, 0.5) is 0 Å². The van der Waals surface area contributed by atoms with E-state index in [1.54, 1.807) is 18.2 Å². The number of rotatable bonds is 5. The maximum absolute atomic E-state index is 12.4. The van der Waals surface area contributed by atoms with E-state index in [1.807, 2.05) is 13.0 Å². The number of hydrogen-bond acceptors (Lipinski definition) is 3. The molecule has 1 atom stereocenters. The van der Waals surface area contributed by atoms with Gasteiger partial charge in [-0.3, -0.25) is 4.79 Å². The van der Waals surface area contributed by atoms with Crippen molar-refractivity contribution in [1.29, 1.82) is 0 Å². The van der Waals surface area contributed by atoms with Gasteiger partial charge >= 0.3 is 0 Å². The van der Waals surface area contributed by atoms with Gasteiger partial charge in [0.05, 0.1) is 11.1 Å². The van der Waals surface area contributed by atoms with Gasteiger partial charge in [0.25, 0.3) is 5.91 Å². The maximum Gasteiger partial charge on any atom is 0.251 e. The lowest BCUT2D eigenvalue weighted by molar-refractivity contribution is 0.0939. The summed E-state index contributed by atoms with van der Waals surface area (Å²) in [5.74, 6) is -0.410. The minimum absolute atomic E-state index is 0.0452. The third-order valence-corrected chi connectivity index (χ3v) is 5.58. The van der Waals surface area contributed by atoms with Crippen molar-refractivity contribution in [2.24, 2.45) is 0 Å². The quantitative estimate of drug-likeness (QED) is 0.826. The van der Waals surface area contributed by atoms with E-state index < -0.39 is 15.9 Å². The first-order valence-electron chi connectivity index (χ1n) is 7.04. The largest absolute Gasteiger partial charge is 0.346 e. The second-order valence-electron chi connectivity index (χ2n) is 5.10. The molecule has 2 aromatic rings. The summed E-state index contributed by atoms with van der Waals surface area (Å²) in [6.07, 6.45) is 0. The fourth-order valence-corrected chi connectivity index (χ4v) is 3.55. The summed E-state index contributed by atoms with van der Waals surface area (Å²) in [6, 6.07) is 10.9. The SMILES string of the molecule is CNS(=O)(=O)c1cc(C(=O)N[C@@H](C)c2cccc(Cl)c2)ccc1Cl. The van der Waals surface area contributed by atoms with Crippen molar-refractivity contribution in [3.63, 3.8) is 0 Å². The Labute approximate surface area is 151 Å². The number of carbonyl (C=O) groups excluding carboxylic acids is 1. The Morgan fingerprint density at radius 1 is 1.12 bits per heavy atom. The van der Waals surface area contributed by atoms with Crippen molar-refractivity contribution >= 4 is 39.1 Å². The Bertz CT molecular complexity index is 869. The van der Waals surface area contributed by atoms with Gasteiger partial charge in [-0.25, -0.2) is 13.1 Å². The molecule has 24 heavy (non-hydrogen) atoms. The van der Waals surface area contributed by atoms with Gasteiger partial charge in [-0.2, -0.15) is 0 Å². The highest BCUT2D eigenvalue weighted by Gasteiger charge is 2.19. The highest BCUT2D eigenvalue weighted by molar-refractivity contribution is 7.89. The van der Waals surface area contributed by atoms with E-state index in [0.717, 1.165) is 5.56 Å². The van der Waals surface area contributed by atoms with Crippen LogP contribution in [0, 0.1) is 0 Å². The average molecular weight is 387 g/mol. The lowest BCUT2D eigenvalue weighted by Gasteiger charge is -2.15. The first-order chi connectivity index (χ1) is 11.2. The number of carbonyl (C=O) groups is 1. The van der Waals surface area contributed by atoms with Crippen LogP contribution in [0.15, 0.2) is 47.4 Å². The predicted octanol–water partition coefficient (Wildman–Crippen LogP) is 3.39. The molecule has 0 aliphatic heterocycles. The molecule has 0 aliphatic carbocycles. The average Bonchev–Trinajstić information content (AvgIpc) is 2.54. The minimum atomic E-state index is -3.75. The van der Waals surface area contributed by atoms with E-state index in [-0.39, 0.29) is 21.5 Å². The zero-order chi connectivity index (χ0) is 17.9. The molecule has 128 valence electrons. The Morgan fingerprint density at radius 3 is 2.46 bits per heavy atom. The summed E-state index contributed by atoms with van der Waals surface area (Å²) in [5, 5.41) is 3.42. The Kier molecular flexibility index (Phi) is 5.87. The molecule has 2 aromatic carbocycles. The first kappa shape index (κ1) is 18.7. The van der Waals surface area contributed by atoms with Crippen LogP contribution in [-0.2, 0) is 10.0 Å². The first-order valence-corrected chi connectivity index (χ1v) is 9.28. The van der Waals surface area contributed by atoms with Crippen molar-refractivity contribution in [3.05, 3.63) is 63.6 Å². The van der Waals surface area contributed by atoms with E-state index in [0.29, 0.717) is 5.02 Å². The van der Waals surface area contributed by atoms with Crippen LogP contribution < -0.4 is 10.0 Å². The highest BCUT2D eigenvalue weighted by atomic mass is 35.5. The Morgan fingerprint density at radius 2 is 1.83 bits per heavy atom. The summed E-state index contributed by atoms with van der Waals surface area (Å²) in [6.45, 7) is 1.81. The van der Waals surface area contributed by atoms with Gasteiger partial charge in [0, 0.05) is 10.6 Å². The molecule has 0 fully saturated rings. The lowest BCUT2D eigenvalue weighted by Crippen LogP contribution is -2.27. The summed E-state index contributed by atoms with van der Waals surface area (Å²) in [5.41, 5.74) is 1.04. The maximum atomic E-state index is 12.4. The molecule has 5 nitrogen and oxygen atoms in total. The molecule has 1 amide bonds. The van der Waals surface area contributed by atoms with Crippen molar-refractivity contribution in [3.8, 4) is 0 Å². The van der Waals surface area contributed by atoms with Gasteiger partial charge in [-0.1, -0.05) is 35.3 Å². The zero-order valence-corrected chi connectivity index (χ0v) is 15.3. The molecule has 8 heteroatoms. The second kappa shape index (κ2) is 7.53. The number of amides is 1. The van der Waals surface area contributed by atoms with E-state index in [1.165, 1.54) is 25.2 Å². The molecule has 2 N–H and O–H groups in total. The van der Waals surface area contributed by atoms with Crippen LogP contribution >= 0.6 is 23.2 Å². The van der Waals surface area contributed by atoms with Crippen molar-refractivity contribution in [2.75, 3.05) is 7.05 Å². The summed E-state index contributed by atoms with van der Waals surface area (Å²) >= 11 is 11.9. The molecule has 0 spiro atoms. The van der Waals surface area contributed by atoms with Crippen LogP contribution in [0.1, 0.15) is 28.9 Å². The smallest absolute Gasteiger partial charge is 0.251 e. The van der Waals surface area contributed by atoms with Crippen LogP contribution in [0.5, 0.6) is 0 Å². The highest BCUT2D eigenvalue weighted by Crippen LogP contribution is 2.23. The van der Waals surface area contributed by atoms with Crippen LogP contribution in [-0.4, -0.2) is 21.4 Å². The van der Waals surface area contributed by atoms with Crippen molar-refractivity contribution in [2.45, 2.75) is 17.9 Å². The molecule has 0 aliphatic rings. The molecule has 0 unspecified atom stereocenters. The van der Waals surface area contributed by atoms with Gasteiger partial charge in [0.1, 0.15) is 4.90 Å². The summed E-state index contributed by atoms with van der Waals surface area (Å²) in [4.78, 5) is 12.2. The lowest BCUT2D eigenvalue weighted by atomic mass is 10.1. The standard InChI is InChI=1S/C16H16Cl2N2O3S/c1-10(11-4-3-5-13(17)8-11)20-16(21)12-6-7-14(18)15(9-12)24(22,23)19-2/h3-10,19H,1-2H3,(H,20,21)/t10-/m0/s1. The molecular formula is C16H16Cl2N2O3S. The predicted molar refractivity (Wildman–Crippen MR) is 95.0 cm³/mol. The van der Waals surface area contributed by atoms with Crippen LogP contribution in [0.2, 0.25) is 10.0 Å². The third-order valence-electron chi connectivity index (χ3n) is 3.45. The summed E-state index contributed by atoms with van der Waals surface area (Å²) < 4.78 is 26.1. The molecular weight excluding hydrogens is 371 g/mol. The minimum Gasteiger partial charge on any atom is -0.346 e. The monoisotopic (exact) mass is 386 g/mol. The van der Waals surface area contributed by atoms with E-state index >= 15 is 0 Å². The Hall–Kier alpha value is -1.60. The number of sulfonamides is 1. The van der Waals surface area contributed by atoms with Gasteiger partial charge in [0.15, 0.2) is 0 Å². The van der Waals surface area contributed by atoms with E-state index in [2.05, 4.69) is 10.0 Å². The van der Waals surface area contributed by atoms with Crippen LogP contribution in [0.3, 0.4) is 0 Å². The van der Waals surface area contributed by atoms with Crippen molar-refractivity contribution < 1.29 is 13.2 Å². The normalized spacial score (nSPS) is 12.7. The fraction of sp³-hybridized carbons (Fsp3) is 0.188. The van der Waals surface area contributed by atoms with E-state index in [9.17, 15) is 13.2 Å². The molecule has 0 saturated carbocycles. The number of hydrogen-bond donors (Lipinski definition) is 2. The second-order valence-corrected chi connectivity index (χ2v) is 7.80. The molecule has 0 aromatic heterocycles. The van der Waals surface area contributed by atoms with Crippen LogP contribution in [0.25, 0.3) is 0 Å². The number of halogens is 2. The summed E-state index contributed by atoms with van der Waals surface area (Å²) in [7, 11) is -2.47. The van der Waals surface area contributed by atoms with Crippen molar-refractivity contribution in [1.82, 2.24) is 10.0 Å². The number of nitrogens with one attached hydrogen (secondary N) is 2. The van der Waals surface area contributed by atoms with E-state index in [4.69, 9.17) is 23.2 Å². The number of benzene rings is 2. The third kappa shape index (κ3) is 4.27. The topological polar surface area (TPSA) is 75.3 Å². The molecule has 0 bridgehead atoms. The Balaban J connectivity index is 2.26.